The van der Waals surface area contributed by atoms with E-state index in [-0.39, 0.29) is 12.2 Å². The summed E-state index contributed by atoms with van der Waals surface area (Å²) in [5.74, 6) is 0.259. The highest BCUT2D eigenvalue weighted by Gasteiger charge is 2.05. The predicted molar refractivity (Wildman–Crippen MR) is 102 cm³/mol. The Morgan fingerprint density at radius 3 is 2.85 bits per heavy atom. The molecule has 0 unspecified atom stereocenters. The lowest BCUT2D eigenvalue weighted by Crippen LogP contribution is -2.25. The Kier molecular flexibility index (Phi) is 5.12. The topological polar surface area (TPSA) is 83.5 Å². The molecule has 6 heteroatoms. The molecule has 0 aliphatic carbocycles. The Balaban J connectivity index is 1.61. The first-order chi connectivity index (χ1) is 12.5. The van der Waals surface area contributed by atoms with Crippen molar-refractivity contribution in [3.8, 4) is 5.75 Å². The van der Waals surface area contributed by atoms with Crippen LogP contribution in [0.1, 0.15) is 16.7 Å². The Labute approximate surface area is 150 Å². The first-order valence-corrected chi connectivity index (χ1v) is 8.17. The van der Waals surface area contributed by atoms with Gasteiger partial charge < -0.3 is 9.72 Å². The molecule has 1 amide bonds. The quantitative estimate of drug-likeness (QED) is 0.549. The summed E-state index contributed by atoms with van der Waals surface area (Å²) in [4.78, 5) is 26.6. The summed E-state index contributed by atoms with van der Waals surface area (Å²) in [6, 6.07) is 15.0. The lowest BCUT2D eigenvalue weighted by Gasteiger charge is -2.08. The van der Waals surface area contributed by atoms with Gasteiger partial charge in [-0.05, 0) is 48.6 Å². The molecule has 2 aromatic carbocycles. The second kappa shape index (κ2) is 7.65. The Bertz CT molecular complexity index is 1040. The van der Waals surface area contributed by atoms with E-state index in [0.29, 0.717) is 11.3 Å². The van der Waals surface area contributed by atoms with E-state index < -0.39 is 5.91 Å². The Morgan fingerprint density at radius 1 is 1.19 bits per heavy atom. The normalized spacial score (nSPS) is 11.0. The molecule has 6 nitrogen and oxygen atoms in total. The van der Waals surface area contributed by atoms with Crippen molar-refractivity contribution in [3.63, 3.8) is 0 Å². The summed E-state index contributed by atoms with van der Waals surface area (Å²) in [5.41, 5.74) is 5.21. The van der Waals surface area contributed by atoms with Crippen LogP contribution in [0.25, 0.3) is 10.9 Å². The molecule has 0 atom stereocenters. The highest BCUT2D eigenvalue weighted by atomic mass is 16.5. The maximum Gasteiger partial charge on any atom is 0.277 e. The third-order valence-corrected chi connectivity index (χ3v) is 3.88. The van der Waals surface area contributed by atoms with Gasteiger partial charge in [-0.15, -0.1) is 0 Å². The fraction of sp³-hybridized carbons (Fsp3) is 0.150. The molecule has 0 radical (unpaired) electrons. The summed E-state index contributed by atoms with van der Waals surface area (Å²) in [5, 5.41) is 4.72. The molecule has 0 saturated carbocycles. The molecule has 132 valence electrons. The van der Waals surface area contributed by atoms with Crippen LogP contribution < -0.4 is 15.7 Å². The van der Waals surface area contributed by atoms with Crippen molar-refractivity contribution in [2.45, 2.75) is 13.8 Å². The van der Waals surface area contributed by atoms with E-state index in [4.69, 9.17) is 4.74 Å². The van der Waals surface area contributed by atoms with Crippen LogP contribution in [0.4, 0.5) is 0 Å². The highest BCUT2D eigenvalue weighted by Crippen LogP contribution is 2.18. The van der Waals surface area contributed by atoms with Crippen LogP contribution in [0.2, 0.25) is 0 Å². The second-order valence-corrected chi connectivity index (χ2v) is 5.99. The maximum atomic E-state index is 12.0. The number of nitrogens with one attached hydrogen (secondary N) is 2. The number of aromatic nitrogens is 1. The molecule has 3 aromatic rings. The first kappa shape index (κ1) is 17.4. The van der Waals surface area contributed by atoms with Crippen LogP contribution in [0, 0.1) is 13.8 Å². The van der Waals surface area contributed by atoms with Crippen molar-refractivity contribution in [2.75, 3.05) is 6.61 Å². The highest BCUT2D eigenvalue weighted by molar-refractivity contribution is 5.88. The van der Waals surface area contributed by atoms with Gasteiger partial charge in [0.2, 0.25) is 0 Å². The van der Waals surface area contributed by atoms with Gasteiger partial charge in [-0.25, -0.2) is 5.43 Å². The van der Waals surface area contributed by atoms with E-state index in [1.807, 2.05) is 56.3 Å². The van der Waals surface area contributed by atoms with Crippen LogP contribution in [0.3, 0.4) is 0 Å². The lowest BCUT2D eigenvalue weighted by molar-refractivity contribution is -0.123. The summed E-state index contributed by atoms with van der Waals surface area (Å²) >= 11 is 0. The number of pyridine rings is 1. The van der Waals surface area contributed by atoms with Gasteiger partial charge in [0.05, 0.1) is 11.8 Å². The van der Waals surface area contributed by atoms with Gasteiger partial charge in [0.15, 0.2) is 6.61 Å². The maximum absolute atomic E-state index is 12.0. The predicted octanol–water partition coefficient (Wildman–Crippen LogP) is 2.67. The third-order valence-electron chi connectivity index (χ3n) is 3.88. The smallest absolute Gasteiger partial charge is 0.277 e. The number of ether oxygens (including phenoxy) is 1. The molecule has 0 saturated heterocycles. The number of fused-ring (bicyclic) bond motifs is 1. The number of carbonyl (C=O) groups excluding carboxylic acids is 1. The van der Waals surface area contributed by atoms with Crippen molar-refractivity contribution in [1.82, 2.24) is 10.4 Å². The SMILES string of the molecule is Cc1ccc(C)c(OCC(=O)N/N=C/c2cc3ccccc3[nH]c2=O)c1. The van der Waals surface area contributed by atoms with Crippen LogP contribution in [-0.4, -0.2) is 23.7 Å². The van der Waals surface area contributed by atoms with Crippen molar-refractivity contribution in [3.05, 3.63) is 75.6 Å². The van der Waals surface area contributed by atoms with Crippen LogP contribution in [-0.2, 0) is 4.79 Å². The van der Waals surface area contributed by atoms with Crippen molar-refractivity contribution in [1.29, 1.82) is 0 Å². The number of amides is 1. The number of H-pyrrole nitrogens is 1. The fourth-order valence-electron chi connectivity index (χ4n) is 2.47. The molecular weight excluding hydrogens is 330 g/mol. The summed E-state index contributed by atoms with van der Waals surface area (Å²) in [6.07, 6.45) is 1.32. The van der Waals surface area contributed by atoms with E-state index in [1.165, 1.54) is 6.21 Å². The van der Waals surface area contributed by atoms with Crippen LogP contribution in [0.5, 0.6) is 5.75 Å². The van der Waals surface area contributed by atoms with E-state index in [2.05, 4.69) is 15.5 Å². The minimum Gasteiger partial charge on any atom is -0.483 e. The van der Waals surface area contributed by atoms with E-state index in [9.17, 15) is 9.59 Å². The van der Waals surface area contributed by atoms with Crippen molar-refractivity contribution in [2.24, 2.45) is 5.10 Å². The molecule has 3 rings (SSSR count). The first-order valence-electron chi connectivity index (χ1n) is 8.17. The number of benzene rings is 2. The zero-order valence-corrected chi connectivity index (χ0v) is 14.6. The molecule has 0 fully saturated rings. The molecule has 2 N–H and O–H groups in total. The second-order valence-electron chi connectivity index (χ2n) is 5.99. The minimum absolute atomic E-state index is 0.157. The van der Waals surface area contributed by atoms with Gasteiger partial charge in [0.25, 0.3) is 11.5 Å². The molecule has 0 spiro atoms. The van der Waals surface area contributed by atoms with Gasteiger partial charge >= 0.3 is 0 Å². The van der Waals surface area contributed by atoms with Crippen molar-refractivity contribution >= 4 is 23.0 Å². The average molecular weight is 349 g/mol. The standard InChI is InChI=1S/C20H19N3O3/c1-13-7-8-14(2)18(9-13)26-12-19(24)23-21-11-16-10-15-5-3-4-6-17(15)22-20(16)25/h3-11H,12H2,1-2H3,(H,22,25)(H,23,24)/b21-11+. The molecule has 1 aromatic heterocycles. The molecule has 1 heterocycles. The third kappa shape index (κ3) is 4.16. The molecule has 26 heavy (non-hydrogen) atoms. The van der Waals surface area contributed by atoms with Gasteiger partial charge in [-0.2, -0.15) is 5.10 Å². The molecular formula is C20H19N3O3. The fourth-order valence-corrected chi connectivity index (χ4v) is 2.47. The zero-order valence-electron chi connectivity index (χ0n) is 14.6. The molecule has 0 aliphatic heterocycles. The summed E-state index contributed by atoms with van der Waals surface area (Å²) < 4.78 is 5.51. The van der Waals surface area contributed by atoms with E-state index in [1.54, 1.807) is 6.07 Å². The zero-order chi connectivity index (χ0) is 18.5. The van der Waals surface area contributed by atoms with E-state index in [0.717, 1.165) is 22.0 Å². The average Bonchev–Trinajstić information content (AvgIpc) is 2.63. The van der Waals surface area contributed by atoms with Crippen LogP contribution >= 0.6 is 0 Å². The van der Waals surface area contributed by atoms with Crippen molar-refractivity contribution < 1.29 is 9.53 Å². The molecule has 0 aliphatic rings. The molecule has 0 bridgehead atoms. The number of hydrogen-bond donors (Lipinski definition) is 2. The minimum atomic E-state index is -0.403. The van der Waals surface area contributed by atoms with Crippen LogP contribution in [0.15, 0.2) is 58.4 Å². The monoisotopic (exact) mass is 349 g/mol. The largest absolute Gasteiger partial charge is 0.483 e. The Hall–Kier alpha value is -3.41. The van der Waals surface area contributed by atoms with E-state index >= 15 is 0 Å². The number of hydrazone groups is 1. The number of carbonyl (C=O) groups is 1. The number of nitrogens with zero attached hydrogens (tertiary/aromatic N) is 1. The van der Waals surface area contributed by atoms with Gasteiger partial charge in [0, 0.05) is 5.52 Å². The summed E-state index contributed by atoms with van der Waals surface area (Å²) in [6.45, 7) is 3.71. The summed E-state index contributed by atoms with van der Waals surface area (Å²) in [7, 11) is 0. The number of para-hydroxylation sites is 1. The van der Waals surface area contributed by atoms with Gasteiger partial charge in [0.1, 0.15) is 5.75 Å². The van der Waals surface area contributed by atoms with Gasteiger partial charge in [-0.3, -0.25) is 9.59 Å². The number of aromatic amines is 1. The Morgan fingerprint density at radius 2 is 2.00 bits per heavy atom. The van der Waals surface area contributed by atoms with Gasteiger partial charge in [-0.1, -0.05) is 30.3 Å². The number of rotatable bonds is 5. The lowest BCUT2D eigenvalue weighted by atomic mass is 10.1. The number of hydrogen-bond acceptors (Lipinski definition) is 4. The number of aryl methyl sites for hydroxylation is 2.